The standard InChI is InChI=1S/C15H16BrFN6O2/c16-10-6-9(3-4-11(10)17)20-13(18)12-14(23-25-22-12)21-15(24)8-2-1-5-19-7-8/h3-4,6,8,19H,1-2,5,7H2,(H2,18,20)(H,21,23,24). The molecule has 1 aliphatic rings. The van der Waals surface area contributed by atoms with E-state index < -0.39 is 5.82 Å². The van der Waals surface area contributed by atoms with Crippen LogP contribution in [0.2, 0.25) is 0 Å². The van der Waals surface area contributed by atoms with Gasteiger partial charge in [0.1, 0.15) is 5.82 Å². The molecule has 8 nitrogen and oxygen atoms in total. The molecule has 0 bridgehead atoms. The van der Waals surface area contributed by atoms with Gasteiger partial charge >= 0.3 is 0 Å². The Kier molecular flexibility index (Phi) is 5.39. The third-order valence-corrected chi connectivity index (χ3v) is 4.40. The average molecular weight is 411 g/mol. The Morgan fingerprint density at radius 3 is 3.04 bits per heavy atom. The molecule has 1 aliphatic heterocycles. The van der Waals surface area contributed by atoms with Crippen molar-refractivity contribution < 1.29 is 13.8 Å². The molecular weight excluding hydrogens is 395 g/mol. The monoisotopic (exact) mass is 410 g/mol. The molecule has 1 unspecified atom stereocenters. The van der Waals surface area contributed by atoms with Crippen LogP contribution in [0.3, 0.4) is 0 Å². The minimum Gasteiger partial charge on any atom is -0.382 e. The summed E-state index contributed by atoms with van der Waals surface area (Å²) in [5.41, 5.74) is 6.47. The molecule has 0 spiro atoms. The van der Waals surface area contributed by atoms with Crippen LogP contribution in [-0.2, 0) is 4.79 Å². The number of piperidine rings is 1. The summed E-state index contributed by atoms with van der Waals surface area (Å²) in [7, 11) is 0. The molecule has 0 aliphatic carbocycles. The van der Waals surface area contributed by atoms with Crippen molar-refractivity contribution in [2.75, 3.05) is 18.4 Å². The van der Waals surface area contributed by atoms with Crippen molar-refractivity contribution in [3.05, 3.63) is 34.2 Å². The Labute approximate surface area is 151 Å². The lowest BCUT2D eigenvalue weighted by molar-refractivity contribution is -0.120. The number of nitrogens with one attached hydrogen (secondary N) is 2. The van der Waals surface area contributed by atoms with Gasteiger partial charge in [-0.1, -0.05) is 0 Å². The summed E-state index contributed by atoms with van der Waals surface area (Å²) in [6, 6.07) is 4.20. The number of aromatic nitrogens is 2. The molecule has 25 heavy (non-hydrogen) atoms. The maximum Gasteiger partial charge on any atom is 0.230 e. The number of hydrogen-bond donors (Lipinski definition) is 3. The highest BCUT2D eigenvalue weighted by atomic mass is 79.9. The molecule has 10 heteroatoms. The summed E-state index contributed by atoms with van der Waals surface area (Å²) in [6.45, 7) is 1.52. The van der Waals surface area contributed by atoms with E-state index in [2.05, 4.69) is 46.5 Å². The van der Waals surface area contributed by atoms with Crippen LogP contribution in [0, 0.1) is 11.7 Å². The van der Waals surface area contributed by atoms with E-state index in [-0.39, 0.29) is 33.6 Å². The number of carbonyl (C=O) groups excluding carboxylic acids is 1. The zero-order valence-corrected chi connectivity index (χ0v) is 14.7. The number of rotatable bonds is 4. The maximum atomic E-state index is 13.3. The normalized spacial score (nSPS) is 18.2. The Morgan fingerprint density at radius 2 is 2.32 bits per heavy atom. The number of anilines is 1. The van der Waals surface area contributed by atoms with E-state index in [0.29, 0.717) is 12.2 Å². The highest BCUT2D eigenvalue weighted by Crippen LogP contribution is 2.23. The number of nitrogens with zero attached hydrogens (tertiary/aromatic N) is 3. The van der Waals surface area contributed by atoms with E-state index in [1.807, 2.05) is 0 Å². The van der Waals surface area contributed by atoms with Crippen LogP contribution in [0.15, 0.2) is 32.3 Å². The molecule has 1 saturated heterocycles. The third kappa shape index (κ3) is 4.20. The zero-order valence-electron chi connectivity index (χ0n) is 13.1. The number of amides is 1. The number of benzene rings is 1. The SMILES string of the molecule is NC(=Nc1ccc(F)c(Br)c1)c1nonc1NC(=O)C1CCCNC1. The van der Waals surface area contributed by atoms with Gasteiger partial charge < -0.3 is 16.4 Å². The topological polar surface area (TPSA) is 118 Å². The lowest BCUT2D eigenvalue weighted by Crippen LogP contribution is -2.37. The number of halogens is 2. The molecule has 0 radical (unpaired) electrons. The average Bonchev–Trinajstić information content (AvgIpc) is 3.07. The lowest BCUT2D eigenvalue weighted by atomic mass is 9.99. The van der Waals surface area contributed by atoms with Gasteiger partial charge in [-0.05, 0) is 63.8 Å². The van der Waals surface area contributed by atoms with Crippen LogP contribution < -0.4 is 16.4 Å². The van der Waals surface area contributed by atoms with E-state index >= 15 is 0 Å². The van der Waals surface area contributed by atoms with Crippen molar-refractivity contribution in [3.8, 4) is 0 Å². The third-order valence-electron chi connectivity index (χ3n) is 3.79. The van der Waals surface area contributed by atoms with Gasteiger partial charge in [0.2, 0.25) is 11.7 Å². The second kappa shape index (κ2) is 7.70. The summed E-state index contributed by atoms with van der Waals surface area (Å²) >= 11 is 3.08. The summed E-state index contributed by atoms with van der Waals surface area (Å²) in [6.07, 6.45) is 1.73. The van der Waals surface area contributed by atoms with Crippen molar-refractivity contribution in [1.82, 2.24) is 15.6 Å². The van der Waals surface area contributed by atoms with Crippen LogP contribution in [-0.4, -0.2) is 35.1 Å². The van der Waals surface area contributed by atoms with Crippen LogP contribution in [0.5, 0.6) is 0 Å². The zero-order chi connectivity index (χ0) is 17.8. The van der Waals surface area contributed by atoms with Crippen molar-refractivity contribution >= 4 is 39.2 Å². The van der Waals surface area contributed by atoms with Gasteiger partial charge in [0.15, 0.2) is 11.5 Å². The molecule has 2 aromatic rings. The molecule has 1 aromatic heterocycles. The quantitative estimate of drug-likeness (QED) is 0.523. The molecule has 1 amide bonds. The first-order valence-electron chi connectivity index (χ1n) is 7.68. The van der Waals surface area contributed by atoms with Crippen LogP contribution in [0.4, 0.5) is 15.9 Å². The Balaban J connectivity index is 1.76. The van der Waals surface area contributed by atoms with Crippen molar-refractivity contribution in [3.63, 3.8) is 0 Å². The van der Waals surface area contributed by atoms with Gasteiger partial charge in [0, 0.05) is 6.54 Å². The molecule has 0 saturated carbocycles. The second-order valence-corrected chi connectivity index (χ2v) is 6.44. The minimum absolute atomic E-state index is 0.00294. The highest BCUT2D eigenvalue weighted by Gasteiger charge is 2.24. The summed E-state index contributed by atoms with van der Waals surface area (Å²) in [4.78, 5) is 16.4. The molecule has 132 valence electrons. The van der Waals surface area contributed by atoms with Crippen molar-refractivity contribution in [2.45, 2.75) is 12.8 Å². The van der Waals surface area contributed by atoms with E-state index in [1.165, 1.54) is 18.2 Å². The van der Waals surface area contributed by atoms with E-state index in [0.717, 1.165) is 19.4 Å². The molecule has 3 rings (SSSR count). The van der Waals surface area contributed by atoms with Crippen molar-refractivity contribution in [1.29, 1.82) is 0 Å². The van der Waals surface area contributed by atoms with Gasteiger partial charge in [-0.25, -0.2) is 14.0 Å². The largest absolute Gasteiger partial charge is 0.382 e. The molecule has 1 fully saturated rings. The molecule has 1 atom stereocenters. The fourth-order valence-corrected chi connectivity index (χ4v) is 2.85. The van der Waals surface area contributed by atoms with Crippen LogP contribution in [0.1, 0.15) is 18.5 Å². The van der Waals surface area contributed by atoms with Gasteiger partial charge in [-0.3, -0.25) is 4.79 Å². The fourth-order valence-electron chi connectivity index (χ4n) is 2.48. The fraction of sp³-hybridized carbons (Fsp3) is 0.333. The summed E-state index contributed by atoms with van der Waals surface area (Å²) < 4.78 is 18.2. The lowest BCUT2D eigenvalue weighted by Gasteiger charge is -2.21. The minimum atomic E-state index is -0.408. The first-order valence-corrected chi connectivity index (χ1v) is 8.47. The van der Waals surface area contributed by atoms with E-state index in [1.54, 1.807) is 0 Å². The first kappa shape index (κ1) is 17.5. The second-order valence-electron chi connectivity index (χ2n) is 5.59. The summed E-state index contributed by atoms with van der Waals surface area (Å²) in [5, 5.41) is 13.2. The van der Waals surface area contributed by atoms with Gasteiger partial charge in [-0.2, -0.15) is 0 Å². The Hall–Kier alpha value is -2.33. The molecule has 1 aromatic carbocycles. The smallest absolute Gasteiger partial charge is 0.230 e. The Bertz CT molecular complexity index is 803. The maximum absolute atomic E-state index is 13.3. The van der Waals surface area contributed by atoms with Gasteiger partial charge in [0.05, 0.1) is 16.1 Å². The number of amidine groups is 1. The predicted molar refractivity (Wildman–Crippen MR) is 93.0 cm³/mol. The summed E-state index contributed by atoms with van der Waals surface area (Å²) in [5.74, 6) is -0.629. The molecule has 2 heterocycles. The van der Waals surface area contributed by atoms with E-state index in [4.69, 9.17) is 5.73 Å². The highest BCUT2D eigenvalue weighted by molar-refractivity contribution is 9.10. The number of hydrogen-bond acceptors (Lipinski definition) is 6. The predicted octanol–water partition coefficient (Wildman–Crippen LogP) is 1.95. The first-order chi connectivity index (χ1) is 12.0. The van der Waals surface area contributed by atoms with E-state index in [9.17, 15) is 9.18 Å². The van der Waals surface area contributed by atoms with Crippen LogP contribution in [0.25, 0.3) is 0 Å². The number of carbonyl (C=O) groups is 1. The number of aliphatic imine (C=N–C) groups is 1. The van der Waals surface area contributed by atoms with Gasteiger partial charge in [-0.15, -0.1) is 0 Å². The Morgan fingerprint density at radius 1 is 1.48 bits per heavy atom. The van der Waals surface area contributed by atoms with Crippen molar-refractivity contribution in [2.24, 2.45) is 16.6 Å². The molecular formula is C15H16BrFN6O2. The molecule has 4 N–H and O–H groups in total. The van der Waals surface area contributed by atoms with Crippen LogP contribution >= 0.6 is 15.9 Å². The number of nitrogens with two attached hydrogens (primary N) is 1. The van der Waals surface area contributed by atoms with Gasteiger partial charge in [0.25, 0.3) is 0 Å².